The van der Waals surface area contributed by atoms with Crippen LogP contribution in [-0.4, -0.2) is 4.98 Å². The van der Waals surface area contributed by atoms with Gasteiger partial charge in [0.25, 0.3) is 0 Å². The lowest BCUT2D eigenvalue weighted by molar-refractivity contribution is 1.25. The third-order valence-corrected chi connectivity index (χ3v) is 10.7. The zero-order valence-electron chi connectivity index (χ0n) is 29.9. The Morgan fingerprint density at radius 1 is 0.400 bits per heavy atom. The standard InChI is InChI=1S/C52H33N3/c53-33-35-20-28-41(29-21-35)55(43-32-40-11-2-8-19-50(40)54-34-43)42-30-26-37(27-31-42)36-22-24-39(25-23-36)51-46-14-4-6-16-48(46)52(49-17-7-5-15-47(49)51)45-18-9-12-38-10-1-3-13-44(38)45/h1-32,34H. The summed E-state index contributed by atoms with van der Waals surface area (Å²) in [6.07, 6.45) is 1.91. The van der Waals surface area contributed by atoms with E-state index < -0.39 is 0 Å². The van der Waals surface area contributed by atoms with Gasteiger partial charge in [0.2, 0.25) is 0 Å². The zero-order valence-corrected chi connectivity index (χ0v) is 29.9. The summed E-state index contributed by atoms with van der Waals surface area (Å²) in [5.41, 5.74) is 11.7. The number of nitrogens with zero attached hydrogens (tertiary/aromatic N) is 3. The molecule has 55 heavy (non-hydrogen) atoms. The normalized spacial score (nSPS) is 11.3. The third kappa shape index (κ3) is 5.65. The van der Waals surface area contributed by atoms with E-state index >= 15 is 0 Å². The molecule has 0 amide bonds. The minimum atomic E-state index is 0.626. The Kier molecular flexibility index (Phi) is 7.86. The van der Waals surface area contributed by atoms with Crippen LogP contribution in [0.2, 0.25) is 0 Å². The number of anilines is 3. The van der Waals surface area contributed by atoms with E-state index in [-0.39, 0.29) is 0 Å². The van der Waals surface area contributed by atoms with Gasteiger partial charge in [-0.25, -0.2) is 0 Å². The van der Waals surface area contributed by atoms with Crippen LogP contribution in [0.5, 0.6) is 0 Å². The van der Waals surface area contributed by atoms with E-state index in [2.05, 4.69) is 163 Å². The SMILES string of the molecule is N#Cc1ccc(N(c2ccc(-c3ccc(-c4c5ccccc5c(-c5cccc6ccccc56)c5ccccc45)cc3)cc2)c2cnc3ccccc3c2)cc1. The van der Waals surface area contributed by atoms with Gasteiger partial charge in [-0.1, -0.05) is 146 Å². The molecule has 0 aliphatic rings. The van der Waals surface area contributed by atoms with E-state index in [1.807, 2.05) is 48.7 Å². The molecule has 0 unspecified atom stereocenters. The molecule has 0 atom stereocenters. The first-order chi connectivity index (χ1) is 27.2. The summed E-state index contributed by atoms with van der Waals surface area (Å²) in [6, 6.07) is 70.9. The van der Waals surface area contributed by atoms with Crippen molar-refractivity contribution in [3.05, 3.63) is 206 Å². The Hall–Kier alpha value is -7.54. The van der Waals surface area contributed by atoms with E-state index in [9.17, 15) is 5.26 Å². The van der Waals surface area contributed by atoms with E-state index in [4.69, 9.17) is 4.98 Å². The number of aromatic nitrogens is 1. The Labute approximate surface area is 319 Å². The number of pyridine rings is 1. The summed E-state index contributed by atoms with van der Waals surface area (Å²) in [6.45, 7) is 0. The van der Waals surface area contributed by atoms with E-state index in [1.54, 1.807) is 0 Å². The molecule has 3 nitrogen and oxygen atoms in total. The van der Waals surface area contributed by atoms with Crippen molar-refractivity contribution in [2.75, 3.05) is 4.90 Å². The number of rotatable bonds is 6. The fraction of sp³-hybridized carbons (Fsp3) is 0. The molecule has 9 aromatic carbocycles. The highest BCUT2D eigenvalue weighted by Gasteiger charge is 2.18. The second-order valence-electron chi connectivity index (χ2n) is 13.9. The van der Waals surface area contributed by atoms with Crippen molar-refractivity contribution >= 4 is 60.3 Å². The van der Waals surface area contributed by atoms with E-state index in [0.29, 0.717) is 5.56 Å². The maximum Gasteiger partial charge on any atom is 0.0991 e. The van der Waals surface area contributed by atoms with Gasteiger partial charge in [-0.15, -0.1) is 0 Å². The van der Waals surface area contributed by atoms with Crippen LogP contribution in [0.1, 0.15) is 5.56 Å². The van der Waals surface area contributed by atoms with Crippen LogP contribution in [0, 0.1) is 11.3 Å². The quantitative estimate of drug-likeness (QED) is 0.162. The molecule has 256 valence electrons. The molecule has 0 bridgehead atoms. The summed E-state index contributed by atoms with van der Waals surface area (Å²) < 4.78 is 0. The molecular weight excluding hydrogens is 667 g/mol. The Balaban J connectivity index is 1.05. The van der Waals surface area contributed by atoms with Gasteiger partial charge < -0.3 is 4.90 Å². The lowest BCUT2D eigenvalue weighted by Crippen LogP contribution is -2.10. The highest BCUT2D eigenvalue weighted by molar-refractivity contribution is 6.23. The lowest BCUT2D eigenvalue weighted by atomic mass is 9.84. The van der Waals surface area contributed by atoms with Gasteiger partial charge in [-0.2, -0.15) is 5.26 Å². The third-order valence-electron chi connectivity index (χ3n) is 10.7. The second-order valence-corrected chi connectivity index (χ2v) is 13.9. The molecule has 0 N–H and O–H groups in total. The predicted octanol–water partition coefficient (Wildman–Crippen LogP) is 14.0. The molecule has 1 heterocycles. The van der Waals surface area contributed by atoms with Crippen LogP contribution in [0.4, 0.5) is 17.1 Å². The summed E-state index contributed by atoms with van der Waals surface area (Å²) in [7, 11) is 0. The first-order valence-electron chi connectivity index (χ1n) is 18.5. The minimum absolute atomic E-state index is 0.626. The fourth-order valence-corrected chi connectivity index (χ4v) is 8.12. The van der Waals surface area contributed by atoms with Crippen molar-refractivity contribution in [2.24, 2.45) is 0 Å². The molecule has 0 saturated carbocycles. The number of benzene rings is 9. The number of hydrogen-bond donors (Lipinski definition) is 0. The molecule has 10 aromatic rings. The summed E-state index contributed by atoms with van der Waals surface area (Å²) in [5.74, 6) is 0. The van der Waals surface area contributed by atoms with Gasteiger partial charge in [0.15, 0.2) is 0 Å². The fourth-order valence-electron chi connectivity index (χ4n) is 8.12. The number of fused-ring (bicyclic) bond motifs is 4. The molecule has 0 saturated heterocycles. The average molecular weight is 700 g/mol. The van der Waals surface area contributed by atoms with Crippen molar-refractivity contribution in [3.63, 3.8) is 0 Å². The molecule has 0 spiro atoms. The van der Waals surface area contributed by atoms with Crippen LogP contribution in [-0.2, 0) is 0 Å². The van der Waals surface area contributed by atoms with E-state index in [0.717, 1.165) is 39.1 Å². The van der Waals surface area contributed by atoms with Crippen LogP contribution >= 0.6 is 0 Å². The van der Waals surface area contributed by atoms with Crippen molar-refractivity contribution < 1.29 is 0 Å². The molecule has 1 aromatic heterocycles. The van der Waals surface area contributed by atoms with E-state index in [1.165, 1.54) is 54.6 Å². The van der Waals surface area contributed by atoms with Crippen LogP contribution in [0.15, 0.2) is 200 Å². The van der Waals surface area contributed by atoms with Gasteiger partial charge in [0, 0.05) is 16.8 Å². The van der Waals surface area contributed by atoms with Crippen molar-refractivity contribution in [3.8, 4) is 39.4 Å². The summed E-state index contributed by atoms with van der Waals surface area (Å²) >= 11 is 0. The molecule has 10 rings (SSSR count). The largest absolute Gasteiger partial charge is 0.309 e. The number of hydrogen-bond acceptors (Lipinski definition) is 3. The van der Waals surface area contributed by atoms with Crippen LogP contribution in [0.3, 0.4) is 0 Å². The first kappa shape index (κ1) is 32.1. The summed E-state index contributed by atoms with van der Waals surface area (Å²) in [4.78, 5) is 6.95. The zero-order chi connectivity index (χ0) is 36.7. The topological polar surface area (TPSA) is 39.9 Å². The van der Waals surface area contributed by atoms with Gasteiger partial charge in [0.1, 0.15) is 0 Å². The Bertz CT molecular complexity index is 3020. The molecule has 0 radical (unpaired) electrons. The molecular formula is C52H33N3. The first-order valence-corrected chi connectivity index (χ1v) is 18.5. The van der Waals surface area contributed by atoms with Crippen LogP contribution in [0.25, 0.3) is 76.6 Å². The highest BCUT2D eigenvalue weighted by Crippen LogP contribution is 2.45. The maximum atomic E-state index is 9.45. The van der Waals surface area contributed by atoms with Crippen LogP contribution < -0.4 is 4.90 Å². The second kappa shape index (κ2) is 13.5. The molecule has 0 aliphatic heterocycles. The van der Waals surface area contributed by atoms with Gasteiger partial charge in [-0.3, -0.25) is 4.98 Å². The monoisotopic (exact) mass is 699 g/mol. The molecule has 0 fully saturated rings. The molecule has 3 heteroatoms. The molecule has 0 aliphatic carbocycles. The van der Waals surface area contributed by atoms with Crippen molar-refractivity contribution in [1.29, 1.82) is 5.26 Å². The van der Waals surface area contributed by atoms with Gasteiger partial charge in [-0.05, 0) is 114 Å². The minimum Gasteiger partial charge on any atom is -0.309 e. The predicted molar refractivity (Wildman–Crippen MR) is 230 cm³/mol. The smallest absolute Gasteiger partial charge is 0.0991 e. The number of nitriles is 1. The Morgan fingerprint density at radius 2 is 0.891 bits per heavy atom. The Morgan fingerprint density at radius 3 is 1.53 bits per heavy atom. The number of para-hydroxylation sites is 1. The average Bonchev–Trinajstić information content (AvgIpc) is 3.26. The van der Waals surface area contributed by atoms with Crippen molar-refractivity contribution in [1.82, 2.24) is 4.98 Å². The van der Waals surface area contributed by atoms with Gasteiger partial charge >= 0.3 is 0 Å². The highest BCUT2D eigenvalue weighted by atomic mass is 15.1. The van der Waals surface area contributed by atoms with Gasteiger partial charge in [0.05, 0.1) is 29.0 Å². The maximum absolute atomic E-state index is 9.45. The lowest BCUT2D eigenvalue weighted by Gasteiger charge is -2.25. The van der Waals surface area contributed by atoms with Crippen molar-refractivity contribution in [2.45, 2.75) is 0 Å². The summed E-state index contributed by atoms with van der Waals surface area (Å²) in [5, 5.41) is 18.0.